The van der Waals surface area contributed by atoms with Gasteiger partial charge in [-0.1, -0.05) is 66.2 Å². The number of likely N-dealkylation sites (N-methyl/N-ethyl adjacent to an activating group) is 1. The van der Waals surface area contributed by atoms with E-state index in [1.807, 2.05) is 57.2 Å². The molecular weight excluding hydrogens is 522 g/mol. The second-order valence-corrected chi connectivity index (χ2v) is 11.6. The van der Waals surface area contributed by atoms with Gasteiger partial charge in [-0.2, -0.15) is 0 Å². The van der Waals surface area contributed by atoms with Crippen LogP contribution in [-0.2, 0) is 32.6 Å². The van der Waals surface area contributed by atoms with E-state index in [2.05, 4.69) is 5.32 Å². The molecule has 0 saturated heterocycles. The van der Waals surface area contributed by atoms with E-state index in [1.54, 1.807) is 36.4 Å². The van der Waals surface area contributed by atoms with Crippen molar-refractivity contribution in [3.8, 4) is 0 Å². The van der Waals surface area contributed by atoms with Crippen molar-refractivity contribution in [1.29, 1.82) is 0 Å². The standard InChI is InChI=1S/C29H34ClN3O4S/c1-5-31-29(35)27(18-23-11-7-6-8-12-23)32(19-24-14-16-25(30)17-15-24)28(34)20-33(38(4,36)37)26-13-9-10-21(2)22(26)3/h6-17,27H,5,18-20H2,1-4H3,(H,31,35)/t27-/m1/s1. The molecule has 0 radical (unpaired) electrons. The number of benzene rings is 3. The van der Waals surface area contributed by atoms with E-state index in [4.69, 9.17) is 11.6 Å². The molecule has 202 valence electrons. The Labute approximate surface area is 230 Å². The van der Waals surface area contributed by atoms with Crippen molar-refractivity contribution in [2.24, 2.45) is 0 Å². The maximum absolute atomic E-state index is 14.0. The SMILES string of the molecule is CCNC(=O)[C@@H](Cc1ccccc1)N(Cc1ccc(Cl)cc1)C(=O)CN(c1cccc(C)c1C)S(C)(=O)=O. The van der Waals surface area contributed by atoms with Crippen LogP contribution in [0.4, 0.5) is 5.69 Å². The van der Waals surface area contributed by atoms with Crippen molar-refractivity contribution >= 4 is 39.1 Å². The molecule has 0 aliphatic rings. The lowest BCUT2D eigenvalue weighted by atomic mass is 10.0. The summed E-state index contributed by atoms with van der Waals surface area (Å²) < 4.78 is 26.9. The zero-order valence-corrected chi connectivity index (χ0v) is 23.7. The first-order chi connectivity index (χ1) is 18.0. The number of aryl methyl sites for hydroxylation is 1. The van der Waals surface area contributed by atoms with Gasteiger partial charge in [0.05, 0.1) is 11.9 Å². The van der Waals surface area contributed by atoms with Crippen molar-refractivity contribution in [2.75, 3.05) is 23.7 Å². The first kappa shape index (κ1) is 29.2. The number of hydrogen-bond acceptors (Lipinski definition) is 4. The van der Waals surface area contributed by atoms with E-state index in [0.717, 1.165) is 32.8 Å². The van der Waals surface area contributed by atoms with Gasteiger partial charge in [0, 0.05) is 24.5 Å². The van der Waals surface area contributed by atoms with Gasteiger partial charge in [-0.15, -0.1) is 0 Å². The zero-order valence-electron chi connectivity index (χ0n) is 22.1. The summed E-state index contributed by atoms with van der Waals surface area (Å²) in [5.41, 5.74) is 3.75. The lowest BCUT2D eigenvalue weighted by molar-refractivity contribution is -0.140. The van der Waals surface area contributed by atoms with Crippen LogP contribution in [-0.4, -0.2) is 50.5 Å². The first-order valence-electron chi connectivity index (χ1n) is 12.4. The zero-order chi connectivity index (χ0) is 27.9. The summed E-state index contributed by atoms with van der Waals surface area (Å²) in [7, 11) is -3.81. The van der Waals surface area contributed by atoms with Gasteiger partial charge >= 0.3 is 0 Å². The number of rotatable bonds is 11. The summed E-state index contributed by atoms with van der Waals surface area (Å²) in [5.74, 6) is -0.797. The number of nitrogens with zero attached hydrogens (tertiary/aromatic N) is 2. The van der Waals surface area contributed by atoms with E-state index in [9.17, 15) is 18.0 Å². The Morgan fingerprint density at radius 1 is 0.921 bits per heavy atom. The molecule has 0 unspecified atom stereocenters. The average Bonchev–Trinajstić information content (AvgIpc) is 2.87. The molecule has 0 spiro atoms. The fraction of sp³-hybridized carbons (Fsp3) is 0.310. The number of halogens is 1. The Kier molecular flexibility index (Phi) is 9.94. The predicted molar refractivity (Wildman–Crippen MR) is 153 cm³/mol. The van der Waals surface area contributed by atoms with Gasteiger partial charge in [0.15, 0.2) is 0 Å². The summed E-state index contributed by atoms with van der Waals surface area (Å²) in [6.45, 7) is 5.58. The van der Waals surface area contributed by atoms with E-state index in [0.29, 0.717) is 17.3 Å². The first-order valence-corrected chi connectivity index (χ1v) is 14.6. The molecule has 7 nitrogen and oxygen atoms in total. The second kappa shape index (κ2) is 12.9. The van der Waals surface area contributed by atoms with E-state index < -0.39 is 28.5 Å². The highest BCUT2D eigenvalue weighted by atomic mass is 35.5. The molecule has 0 aromatic heterocycles. The van der Waals surface area contributed by atoms with Gasteiger partial charge < -0.3 is 10.2 Å². The molecule has 3 aromatic carbocycles. The van der Waals surface area contributed by atoms with Crippen molar-refractivity contribution < 1.29 is 18.0 Å². The van der Waals surface area contributed by atoms with Gasteiger partial charge in [0.1, 0.15) is 12.6 Å². The van der Waals surface area contributed by atoms with E-state index >= 15 is 0 Å². The molecule has 0 aliphatic heterocycles. The van der Waals surface area contributed by atoms with Gasteiger partial charge in [-0.3, -0.25) is 13.9 Å². The van der Waals surface area contributed by atoms with Crippen molar-refractivity contribution in [3.63, 3.8) is 0 Å². The minimum atomic E-state index is -3.81. The normalized spacial score (nSPS) is 12.0. The Morgan fingerprint density at radius 3 is 2.18 bits per heavy atom. The largest absolute Gasteiger partial charge is 0.355 e. The monoisotopic (exact) mass is 555 g/mol. The Hall–Kier alpha value is -3.36. The topological polar surface area (TPSA) is 86.8 Å². The summed E-state index contributed by atoms with van der Waals surface area (Å²) in [6, 6.07) is 20.9. The van der Waals surface area contributed by atoms with Crippen LogP contribution in [0.3, 0.4) is 0 Å². The smallest absolute Gasteiger partial charge is 0.244 e. The summed E-state index contributed by atoms with van der Waals surface area (Å²) >= 11 is 6.07. The van der Waals surface area contributed by atoms with Crippen LogP contribution >= 0.6 is 11.6 Å². The average molecular weight is 556 g/mol. The highest BCUT2D eigenvalue weighted by Gasteiger charge is 2.33. The summed E-state index contributed by atoms with van der Waals surface area (Å²) in [6.07, 6.45) is 1.35. The Morgan fingerprint density at radius 2 is 1.58 bits per heavy atom. The van der Waals surface area contributed by atoms with E-state index in [1.165, 1.54) is 4.90 Å². The Balaban J connectivity index is 2.06. The highest BCUT2D eigenvalue weighted by molar-refractivity contribution is 7.92. The number of sulfonamides is 1. The minimum Gasteiger partial charge on any atom is -0.355 e. The van der Waals surface area contributed by atoms with Crippen LogP contribution in [0.2, 0.25) is 5.02 Å². The number of carbonyl (C=O) groups excluding carboxylic acids is 2. The molecule has 0 fully saturated rings. The van der Waals surface area contributed by atoms with Gasteiger partial charge in [-0.05, 0) is 61.2 Å². The lowest BCUT2D eigenvalue weighted by Gasteiger charge is -2.34. The van der Waals surface area contributed by atoms with Crippen LogP contribution in [0, 0.1) is 13.8 Å². The quantitative estimate of drug-likeness (QED) is 0.377. The number of carbonyl (C=O) groups is 2. The van der Waals surface area contributed by atoms with Gasteiger partial charge in [-0.25, -0.2) is 8.42 Å². The fourth-order valence-electron chi connectivity index (χ4n) is 4.23. The lowest BCUT2D eigenvalue weighted by Crippen LogP contribution is -2.53. The third-order valence-corrected chi connectivity index (χ3v) is 7.79. The van der Waals surface area contributed by atoms with Gasteiger partial charge in [0.25, 0.3) is 0 Å². The van der Waals surface area contributed by atoms with Crippen LogP contribution in [0.25, 0.3) is 0 Å². The number of amides is 2. The van der Waals surface area contributed by atoms with Crippen molar-refractivity contribution in [3.05, 3.63) is 100 Å². The number of anilines is 1. The molecule has 1 N–H and O–H groups in total. The summed E-state index contributed by atoms with van der Waals surface area (Å²) in [4.78, 5) is 28.8. The van der Waals surface area contributed by atoms with Gasteiger partial charge in [0.2, 0.25) is 21.8 Å². The molecule has 0 heterocycles. The third kappa shape index (κ3) is 7.58. The predicted octanol–water partition coefficient (Wildman–Crippen LogP) is 4.50. The fourth-order valence-corrected chi connectivity index (χ4v) is 5.26. The van der Waals surface area contributed by atoms with E-state index in [-0.39, 0.29) is 18.9 Å². The maximum Gasteiger partial charge on any atom is 0.244 e. The minimum absolute atomic E-state index is 0.106. The van der Waals surface area contributed by atoms with Crippen LogP contribution < -0.4 is 9.62 Å². The molecule has 3 rings (SSSR count). The van der Waals surface area contributed by atoms with Crippen LogP contribution in [0.15, 0.2) is 72.8 Å². The molecule has 9 heteroatoms. The van der Waals surface area contributed by atoms with Crippen molar-refractivity contribution in [1.82, 2.24) is 10.2 Å². The Bertz CT molecular complexity index is 1360. The second-order valence-electron chi connectivity index (χ2n) is 9.24. The molecule has 38 heavy (non-hydrogen) atoms. The summed E-state index contributed by atoms with van der Waals surface area (Å²) in [5, 5.41) is 3.39. The maximum atomic E-state index is 14.0. The molecule has 2 amide bonds. The molecule has 0 aliphatic carbocycles. The molecule has 0 bridgehead atoms. The molecule has 1 atom stereocenters. The molecule has 0 saturated carbocycles. The molecule has 3 aromatic rings. The molecular formula is C29H34ClN3O4S. The third-order valence-electron chi connectivity index (χ3n) is 6.41. The number of hydrogen-bond donors (Lipinski definition) is 1. The number of nitrogens with one attached hydrogen (secondary N) is 1. The van der Waals surface area contributed by atoms with Crippen LogP contribution in [0.1, 0.15) is 29.2 Å². The van der Waals surface area contributed by atoms with Crippen LogP contribution in [0.5, 0.6) is 0 Å². The highest BCUT2D eigenvalue weighted by Crippen LogP contribution is 2.26. The van der Waals surface area contributed by atoms with Crippen molar-refractivity contribution in [2.45, 2.75) is 39.8 Å².